The number of benzene rings is 2. The van der Waals surface area contributed by atoms with Crippen LogP contribution in [0.1, 0.15) is 38.0 Å². The molecule has 1 heterocycles. The van der Waals surface area contributed by atoms with E-state index in [0.29, 0.717) is 0 Å². The Kier molecular flexibility index (Phi) is 5.28. The van der Waals surface area contributed by atoms with E-state index in [1.807, 2.05) is 58.0 Å². The van der Waals surface area contributed by atoms with Crippen LogP contribution in [0.25, 0.3) is 0 Å². The van der Waals surface area contributed by atoms with Crippen molar-refractivity contribution < 1.29 is 17.9 Å². The maximum Gasteiger partial charge on any atom is 0.246 e. The van der Waals surface area contributed by atoms with Crippen molar-refractivity contribution in [2.45, 2.75) is 44.4 Å². The summed E-state index contributed by atoms with van der Waals surface area (Å²) < 4.78 is 35.0. The number of rotatable bonds is 3. The summed E-state index contributed by atoms with van der Waals surface area (Å²) in [4.78, 5) is 13.4. The van der Waals surface area contributed by atoms with Crippen LogP contribution in [-0.2, 0) is 19.6 Å². The van der Waals surface area contributed by atoms with Gasteiger partial charge in [-0.15, -0.1) is 0 Å². The highest BCUT2D eigenvalue weighted by molar-refractivity contribution is 7.89. The molecule has 0 unspecified atom stereocenters. The second kappa shape index (κ2) is 7.55. The van der Waals surface area contributed by atoms with Gasteiger partial charge in [0.25, 0.3) is 0 Å². The normalized spacial score (nSPS) is 24.6. The molecule has 2 atom stereocenters. The van der Waals surface area contributed by atoms with Gasteiger partial charge in [-0.3, -0.25) is 4.79 Å². The van der Waals surface area contributed by atoms with Gasteiger partial charge in [0.15, 0.2) is 0 Å². The third-order valence-corrected chi connectivity index (χ3v) is 7.66. The molecular weight excluding hydrogens is 410 g/mol. The van der Waals surface area contributed by atoms with E-state index in [1.165, 1.54) is 10.4 Å². The summed E-state index contributed by atoms with van der Waals surface area (Å²) in [5.74, 6) is -0.394. The van der Waals surface area contributed by atoms with Crippen molar-refractivity contribution in [3.8, 4) is 0 Å². The van der Waals surface area contributed by atoms with E-state index in [4.69, 9.17) is 4.74 Å². The monoisotopic (exact) mass is 437 g/mol. The first-order chi connectivity index (χ1) is 14.5. The fourth-order valence-electron chi connectivity index (χ4n) is 3.92. The van der Waals surface area contributed by atoms with Crippen LogP contribution in [0.3, 0.4) is 0 Å². The molecule has 5 nitrogen and oxygen atoms in total. The van der Waals surface area contributed by atoms with E-state index < -0.39 is 27.6 Å². The van der Waals surface area contributed by atoms with Crippen molar-refractivity contribution >= 4 is 15.8 Å². The first-order valence-electron chi connectivity index (χ1n) is 10.3. The molecule has 0 amide bonds. The lowest BCUT2D eigenvalue weighted by Crippen LogP contribution is -2.53. The molecular formula is C25H27NO4S. The van der Waals surface area contributed by atoms with E-state index in [2.05, 4.69) is 0 Å². The molecule has 2 aromatic rings. The molecule has 0 radical (unpaired) electrons. The Hall–Kier alpha value is -2.54. The largest absolute Gasteiger partial charge is 0.339 e. The smallest absolute Gasteiger partial charge is 0.246 e. The summed E-state index contributed by atoms with van der Waals surface area (Å²) in [6, 6.07) is 16.1. The van der Waals surface area contributed by atoms with Crippen molar-refractivity contribution in [3.63, 3.8) is 0 Å². The Morgan fingerprint density at radius 3 is 2.26 bits per heavy atom. The van der Waals surface area contributed by atoms with Crippen LogP contribution < -0.4 is 0 Å². The Morgan fingerprint density at radius 1 is 1.00 bits per heavy atom. The average molecular weight is 438 g/mol. The summed E-state index contributed by atoms with van der Waals surface area (Å²) in [7, 11) is -4.00. The maximum absolute atomic E-state index is 13.7. The summed E-state index contributed by atoms with van der Waals surface area (Å²) in [5, 5.41) is 0. The number of hydrogen-bond acceptors (Lipinski definition) is 4. The van der Waals surface area contributed by atoms with Gasteiger partial charge in [0, 0.05) is 6.54 Å². The fraction of sp³-hybridized carbons (Fsp3) is 0.320. The van der Waals surface area contributed by atoms with Gasteiger partial charge in [0.1, 0.15) is 0 Å². The molecule has 1 spiro atoms. The number of allylic oxidation sites excluding steroid dienone is 2. The molecule has 2 aliphatic rings. The topological polar surface area (TPSA) is 63.7 Å². The quantitative estimate of drug-likeness (QED) is 0.706. The highest BCUT2D eigenvalue weighted by Gasteiger charge is 2.57. The molecule has 0 aromatic heterocycles. The molecule has 1 aliphatic carbocycles. The third-order valence-electron chi connectivity index (χ3n) is 5.79. The number of sulfonamides is 1. The van der Waals surface area contributed by atoms with Crippen LogP contribution in [0.4, 0.5) is 0 Å². The first-order valence-corrected chi connectivity index (χ1v) is 11.8. The van der Waals surface area contributed by atoms with Crippen molar-refractivity contribution in [2.75, 3.05) is 6.54 Å². The predicted molar refractivity (Wildman–Crippen MR) is 120 cm³/mol. The Bertz CT molecular complexity index is 1160. The standard InChI is InChI=1S/C25H27NO4S/c1-18-10-13-21(14-11-18)31(28,29)26-17-22(19-8-6-5-7-9-19)30-25(26)16-20(24(2,3)4)12-15-23(25)27/h5-16,22H,17H2,1-4H3/t22-,25-/m1/s1. The Morgan fingerprint density at radius 2 is 1.65 bits per heavy atom. The minimum Gasteiger partial charge on any atom is -0.339 e. The SMILES string of the molecule is Cc1ccc(S(=O)(=O)N2C[C@H](c3ccccc3)O[C@@]23C=C(C(C)(C)C)C=CC3=O)cc1. The zero-order valence-electron chi connectivity index (χ0n) is 18.2. The van der Waals surface area contributed by atoms with E-state index in [1.54, 1.807) is 36.4 Å². The van der Waals surface area contributed by atoms with E-state index in [-0.39, 0.29) is 16.9 Å². The van der Waals surface area contributed by atoms with Gasteiger partial charge in [-0.05, 0) is 47.8 Å². The molecule has 2 aromatic carbocycles. The lowest BCUT2D eigenvalue weighted by atomic mass is 9.81. The summed E-state index contributed by atoms with van der Waals surface area (Å²) >= 11 is 0. The molecule has 1 aliphatic heterocycles. The predicted octanol–water partition coefficient (Wildman–Crippen LogP) is 4.56. The summed E-state index contributed by atoms with van der Waals surface area (Å²) in [6.45, 7) is 8.02. The number of hydrogen-bond donors (Lipinski definition) is 0. The highest BCUT2D eigenvalue weighted by atomic mass is 32.2. The Balaban J connectivity index is 1.88. The number of carbonyl (C=O) groups excluding carboxylic acids is 1. The third kappa shape index (κ3) is 3.80. The second-order valence-corrected chi connectivity index (χ2v) is 11.0. The first kappa shape index (κ1) is 21.7. The van der Waals surface area contributed by atoms with Gasteiger partial charge < -0.3 is 4.74 Å². The van der Waals surface area contributed by atoms with Crippen LogP contribution in [0.5, 0.6) is 0 Å². The molecule has 31 heavy (non-hydrogen) atoms. The number of carbonyl (C=O) groups is 1. The lowest BCUT2D eigenvalue weighted by Gasteiger charge is -2.36. The van der Waals surface area contributed by atoms with Crippen LogP contribution in [0.2, 0.25) is 0 Å². The van der Waals surface area contributed by atoms with Gasteiger partial charge in [-0.25, -0.2) is 8.42 Å². The van der Waals surface area contributed by atoms with Crippen LogP contribution in [0, 0.1) is 12.3 Å². The zero-order chi connectivity index (χ0) is 22.4. The molecule has 0 saturated carbocycles. The minimum atomic E-state index is -4.00. The molecule has 1 fully saturated rings. The molecule has 0 bridgehead atoms. The van der Waals surface area contributed by atoms with Crippen LogP contribution >= 0.6 is 0 Å². The maximum atomic E-state index is 13.7. The average Bonchev–Trinajstić information content (AvgIpc) is 3.11. The van der Waals surface area contributed by atoms with Gasteiger partial charge in [-0.2, -0.15) is 4.31 Å². The molecule has 4 rings (SSSR count). The van der Waals surface area contributed by atoms with Gasteiger partial charge in [-0.1, -0.05) is 74.9 Å². The lowest BCUT2D eigenvalue weighted by molar-refractivity contribution is -0.139. The molecule has 0 N–H and O–H groups in total. The van der Waals surface area contributed by atoms with Crippen LogP contribution in [0.15, 0.2) is 83.3 Å². The van der Waals surface area contributed by atoms with Crippen LogP contribution in [-0.4, -0.2) is 30.8 Å². The minimum absolute atomic E-state index is 0.0493. The summed E-state index contributed by atoms with van der Waals surface area (Å²) in [6.07, 6.45) is 4.31. The Labute approximate surface area is 184 Å². The number of aryl methyl sites for hydroxylation is 1. The molecule has 162 valence electrons. The van der Waals surface area contributed by atoms with Crippen molar-refractivity contribution in [1.82, 2.24) is 4.31 Å². The molecule has 6 heteroatoms. The van der Waals surface area contributed by atoms with E-state index >= 15 is 0 Å². The van der Waals surface area contributed by atoms with Crippen molar-refractivity contribution in [2.24, 2.45) is 5.41 Å². The number of ether oxygens (including phenoxy) is 1. The van der Waals surface area contributed by atoms with Gasteiger partial charge in [0.2, 0.25) is 21.5 Å². The fourth-order valence-corrected chi connectivity index (χ4v) is 5.53. The second-order valence-electron chi connectivity index (χ2n) is 9.11. The van der Waals surface area contributed by atoms with Gasteiger partial charge >= 0.3 is 0 Å². The number of nitrogens with zero attached hydrogens (tertiary/aromatic N) is 1. The van der Waals surface area contributed by atoms with Gasteiger partial charge in [0.05, 0.1) is 11.0 Å². The van der Waals surface area contributed by atoms with E-state index in [0.717, 1.165) is 16.7 Å². The molecule has 1 saturated heterocycles. The van der Waals surface area contributed by atoms with Crippen molar-refractivity contribution in [1.29, 1.82) is 0 Å². The van der Waals surface area contributed by atoms with E-state index in [9.17, 15) is 13.2 Å². The van der Waals surface area contributed by atoms with Crippen molar-refractivity contribution in [3.05, 3.63) is 89.5 Å². The number of ketones is 1. The summed E-state index contributed by atoms with van der Waals surface area (Å²) in [5.41, 5.74) is 0.653. The highest BCUT2D eigenvalue weighted by Crippen LogP contribution is 2.45. The zero-order valence-corrected chi connectivity index (χ0v) is 19.0.